The van der Waals surface area contributed by atoms with Crippen LogP contribution >= 0.6 is 0 Å². The molecule has 2 aromatic carbocycles. The largest absolute Gasteiger partial charge is 0.497 e. The van der Waals surface area contributed by atoms with Gasteiger partial charge in [-0.25, -0.2) is 0 Å². The van der Waals surface area contributed by atoms with Crippen LogP contribution in [-0.2, 0) is 13.0 Å². The summed E-state index contributed by atoms with van der Waals surface area (Å²) in [6.07, 6.45) is 0.863. The molecule has 2 rings (SSSR count). The van der Waals surface area contributed by atoms with E-state index in [2.05, 4.69) is 18.2 Å². The summed E-state index contributed by atoms with van der Waals surface area (Å²) >= 11 is 0. The van der Waals surface area contributed by atoms with Crippen LogP contribution < -0.4 is 10.5 Å². The maximum Gasteiger partial charge on any atom is 0.119 e. The van der Waals surface area contributed by atoms with E-state index in [-0.39, 0.29) is 0 Å². The van der Waals surface area contributed by atoms with E-state index in [0.29, 0.717) is 6.54 Å². The van der Waals surface area contributed by atoms with E-state index in [0.717, 1.165) is 23.3 Å². The second-order valence-corrected chi connectivity index (χ2v) is 3.95. The van der Waals surface area contributed by atoms with Crippen molar-refractivity contribution in [2.24, 2.45) is 5.73 Å². The Bertz CT molecular complexity index is 477. The summed E-state index contributed by atoms with van der Waals surface area (Å²) in [5, 5.41) is 0. The third-order valence-corrected chi connectivity index (χ3v) is 2.71. The van der Waals surface area contributed by atoms with Crippen LogP contribution in [0.25, 0.3) is 0 Å². The minimum atomic E-state index is 0.565. The van der Waals surface area contributed by atoms with Crippen LogP contribution in [0.5, 0.6) is 5.75 Å². The predicted octanol–water partition coefficient (Wildman–Crippen LogP) is 2.54. The average Bonchev–Trinajstić information content (AvgIpc) is 2.40. The summed E-state index contributed by atoms with van der Waals surface area (Å²) in [4.78, 5) is 0. The summed E-state index contributed by atoms with van der Waals surface area (Å²) < 4.78 is 5.20. The molecule has 0 unspecified atom stereocenters. The monoisotopic (exact) mass is 226 g/mol. The Kier molecular flexibility index (Phi) is 3.78. The van der Waals surface area contributed by atoms with Crippen molar-refractivity contribution in [3.05, 3.63) is 65.2 Å². The molecule has 0 amide bonds. The number of hydrogen-bond donors (Lipinski definition) is 1. The van der Waals surface area contributed by atoms with Gasteiger partial charge in [-0.2, -0.15) is 0 Å². The molecule has 87 valence electrons. The lowest BCUT2D eigenvalue weighted by Crippen LogP contribution is -1.96. The van der Waals surface area contributed by atoms with Gasteiger partial charge in [-0.3, -0.25) is 0 Å². The van der Waals surface area contributed by atoms with Gasteiger partial charge in [0, 0.05) is 6.54 Å². The number of ether oxygens (including phenoxy) is 1. The smallest absolute Gasteiger partial charge is 0.119 e. The Labute approximate surface area is 102 Å². The fraction of sp³-hybridized carbons (Fsp3) is 0.200. The molecule has 0 saturated heterocycles. The average molecular weight is 226 g/mol. The Balaban J connectivity index is 2.13. The van der Waals surface area contributed by atoms with E-state index in [1.54, 1.807) is 7.11 Å². The molecule has 2 heteroatoms. The fourth-order valence-electron chi connectivity index (χ4n) is 1.73. The first-order chi connectivity index (χ1) is 8.31. The van der Waals surface area contributed by atoms with Crippen molar-refractivity contribution in [1.82, 2.24) is 0 Å². The Morgan fingerprint density at radius 1 is 1.18 bits per heavy atom. The molecule has 0 aliphatic carbocycles. The summed E-state index contributed by atoms with van der Waals surface area (Å²) in [5.74, 6) is 0.890. The van der Waals surface area contributed by atoms with Gasteiger partial charge in [-0.1, -0.05) is 24.3 Å². The standard InChI is InChI=1S/C15H16NO/c1-17-15-4-2-3-14(10-15)9-12-5-7-13(11-16)8-6-12/h2-5,7-8,10H,9,11,16H2,1H3. The van der Waals surface area contributed by atoms with Crippen molar-refractivity contribution in [3.63, 3.8) is 0 Å². The van der Waals surface area contributed by atoms with Gasteiger partial charge in [0.1, 0.15) is 5.75 Å². The molecule has 0 atom stereocenters. The van der Waals surface area contributed by atoms with E-state index in [1.165, 1.54) is 5.56 Å². The fourth-order valence-corrected chi connectivity index (χ4v) is 1.73. The van der Waals surface area contributed by atoms with Gasteiger partial charge < -0.3 is 10.5 Å². The van der Waals surface area contributed by atoms with Gasteiger partial charge >= 0.3 is 0 Å². The van der Waals surface area contributed by atoms with Gasteiger partial charge in [0.2, 0.25) is 0 Å². The third kappa shape index (κ3) is 3.08. The summed E-state index contributed by atoms with van der Waals surface area (Å²) in [6.45, 7) is 0.565. The van der Waals surface area contributed by atoms with Crippen LogP contribution in [0.1, 0.15) is 16.7 Å². The van der Waals surface area contributed by atoms with Crippen LogP contribution in [0.15, 0.2) is 42.5 Å². The SMILES string of the molecule is COc1cccc(Cc2[c]cc(CN)cc2)c1. The first kappa shape index (κ1) is 11.7. The molecule has 0 fully saturated rings. The topological polar surface area (TPSA) is 35.2 Å². The van der Waals surface area contributed by atoms with Gasteiger partial charge in [-0.15, -0.1) is 0 Å². The van der Waals surface area contributed by atoms with Crippen molar-refractivity contribution < 1.29 is 4.74 Å². The van der Waals surface area contributed by atoms with E-state index in [4.69, 9.17) is 10.5 Å². The summed E-state index contributed by atoms with van der Waals surface area (Å²) in [7, 11) is 1.68. The van der Waals surface area contributed by atoms with Crippen LogP contribution in [0.2, 0.25) is 0 Å². The van der Waals surface area contributed by atoms with Crippen LogP contribution in [0, 0.1) is 6.07 Å². The highest BCUT2D eigenvalue weighted by atomic mass is 16.5. The Hall–Kier alpha value is -1.80. The van der Waals surface area contributed by atoms with Crippen LogP contribution in [-0.4, -0.2) is 7.11 Å². The van der Waals surface area contributed by atoms with Crippen LogP contribution in [0.4, 0.5) is 0 Å². The molecule has 0 heterocycles. The number of nitrogens with two attached hydrogens (primary N) is 1. The maximum absolute atomic E-state index is 5.55. The second-order valence-electron chi connectivity index (χ2n) is 3.95. The van der Waals surface area contributed by atoms with Crippen molar-refractivity contribution in [1.29, 1.82) is 0 Å². The Morgan fingerprint density at radius 3 is 2.71 bits per heavy atom. The van der Waals surface area contributed by atoms with E-state index in [9.17, 15) is 0 Å². The predicted molar refractivity (Wildman–Crippen MR) is 69.0 cm³/mol. The number of benzene rings is 2. The minimum absolute atomic E-state index is 0.565. The molecule has 0 spiro atoms. The molecule has 2 N–H and O–H groups in total. The summed E-state index contributed by atoms with van der Waals surface area (Å²) in [5.41, 5.74) is 9.05. The molecule has 2 aromatic rings. The lowest BCUT2D eigenvalue weighted by molar-refractivity contribution is 0.414. The zero-order valence-corrected chi connectivity index (χ0v) is 9.94. The van der Waals surface area contributed by atoms with E-state index < -0.39 is 0 Å². The molecular formula is C15H16NO. The highest BCUT2D eigenvalue weighted by molar-refractivity contribution is 5.33. The van der Waals surface area contributed by atoms with E-state index >= 15 is 0 Å². The highest BCUT2D eigenvalue weighted by Gasteiger charge is 1.99. The molecule has 2 nitrogen and oxygen atoms in total. The molecule has 0 bridgehead atoms. The summed E-state index contributed by atoms with van der Waals surface area (Å²) in [6, 6.07) is 17.4. The molecule has 0 aromatic heterocycles. The Morgan fingerprint density at radius 2 is 2.06 bits per heavy atom. The van der Waals surface area contributed by atoms with Crippen molar-refractivity contribution in [3.8, 4) is 5.75 Å². The lowest BCUT2D eigenvalue weighted by atomic mass is 10.0. The van der Waals surface area contributed by atoms with Gasteiger partial charge in [0.25, 0.3) is 0 Å². The molecule has 0 aliphatic heterocycles. The quantitative estimate of drug-likeness (QED) is 0.869. The van der Waals surface area contributed by atoms with Gasteiger partial charge in [-0.05, 0) is 47.4 Å². The van der Waals surface area contributed by atoms with E-state index in [1.807, 2.05) is 30.3 Å². The highest BCUT2D eigenvalue weighted by Crippen LogP contribution is 2.16. The molecular weight excluding hydrogens is 210 g/mol. The maximum atomic E-state index is 5.55. The number of hydrogen-bond acceptors (Lipinski definition) is 2. The molecule has 1 radical (unpaired) electrons. The van der Waals surface area contributed by atoms with Gasteiger partial charge in [0.05, 0.1) is 7.11 Å². The zero-order valence-electron chi connectivity index (χ0n) is 9.94. The van der Waals surface area contributed by atoms with Crippen LogP contribution in [0.3, 0.4) is 0 Å². The first-order valence-electron chi connectivity index (χ1n) is 5.64. The number of methoxy groups -OCH3 is 1. The third-order valence-electron chi connectivity index (χ3n) is 2.71. The molecule has 0 aliphatic rings. The normalized spacial score (nSPS) is 10.2. The van der Waals surface area contributed by atoms with Crippen molar-refractivity contribution >= 4 is 0 Å². The second kappa shape index (κ2) is 5.51. The van der Waals surface area contributed by atoms with Gasteiger partial charge in [0.15, 0.2) is 0 Å². The zero-order chi connectivity index (χ0) is 12.1. The lowest BCUT2D eigenvalue weighted by Gasteiger charge is -2.05. The molecule has 0 saturated carbocycles. The minimum Gasteiger partial charge on any atom is -0.497 e. The first-order valence-corrected chi connectivity index (χ1v) is 5.64. The number of rotatable bonds is 4. The molecule has 17 heavy (non-hydrogen) atoms. The van der Waals surface area contributed by atoms with Crippen molar-refractivity contribution in [2.75, 3.05) is 7.11 Å². The van der Waals surface area contributed by atoms with Crippen molar-refractivity contribution in [2.45, 2.75) is 13.0 Å².